The van der Waals surface area contributed by atoms with E-state index in [9.17, 15) is 4.79 Å². The van der Waals surface area contributed by atoms with Crippen molar-refractivity contribution >= 4 is 22.2 Å². The Bertz CT molecular complexity index is 309. The molecule has 1 aromatic heterocycles. The Kier molecular flexibility index (Phi) is 3.27. The van der Waals surface area contributed by atoms with Crippen LogP contribution in [0.1, 0.15) is 15.9 Å². The first kappa shape index (κ1) is 10.0. The second kappa shape index (κ2) is 4.25. The molecule has 1 rings (SSSR count). The summed E-state index contributed by atoms with van der Waals surface area (Å²) in [7, 11) is 0. The summed E-state index contributed by atoms with van der Waals surface area (Å²) in [5, 5.41) is 14.1. The maximum Gasteiger partial charge on any atom is 0.251 e. The van der Waals surface area contributed by atoms with E-state index in [4.69, 9.17) is 10.8 Å². The topological polar surface area (TPSA) is 75.3 Å². The highest BCUT2D eigenvalue weighted by atomic mass is 32.1. The number of nitrogens with two attached hydrogens (primary N) is 1. The van der Waals surface area contributed by atoms with E-state index in [1.54, 1.807) is 0 Å². The number of thiophene rings is 1. The number of hydrogen-bond acceptors (Lipinski definition) is 4. The molecule has 13 heavy (non-hydrogen) atoms. The monoisotopic (exact) mass is 200 g/mol. The summed E-state index contributed by atoms with van der Waals surface area (Å²) >= 11 is 1.42. The third-order valence-corrected chi connectivity index (χ3v) is 2.67. The smallest absolute Gasteiger partial charge is 0.251 e. The number of amides is 1. The maximum atomic E-state index is 11.0. The molecule has 4 N–H and O–H groups in total. The van der Waals surface area contributed by atoms with Gasteiger partial charge in [0.05, 0.1) is 12.2 Å². The van der Waals surface area contributed by atoms with Gasteiger partial charge in [0.25, 0.3) is 5.91 Å². The lowest BCUT2D eigenvalue weighted by atomic mass is 10.2. The number of hydrogen-bond donors (Lipinski definition) is 3. The fourth-order valence-corrected chi connectivity index (χ4v) is 2.03. The molecule has 0 spiro atoms. The average Bonchev–Trinajstić information content (AvgIpc) is 2.43. The molecule has 0 radical (unpaired) electrons. The number of nitrogens with one attached hydrogen (secondary N) is 1. The summed E-state index contributed by atoms with van der Waals surface area (Å²) < 4.78 is 0. The molecule has 0 saturated carbocycles. The first-order chi connectivity index (χ1) is 6.16. The normalized spacial score (nSPS) is 10.0. The van der Waals surface area contributed by atoms with Gasteiger partial charge in [0, 0.05) is 6.54 Å². The molecule has 4 nitrogen and oxygen atoms in total. The molecule has 0 saturated heterocycles. The molecule has 0 aliphatic rings. The van der Waals surface area contributed by atoms with E-state index in [0.717, 1.165) is 10.6 Å². The van der Waals surface area contributed by atoms with Crippen molar-refractivity contribution in [2.75, 3.05) is 18.5 Å². The van der Waals surface area contributed by atoms with Gasteiger partial charge in [-0.2, -0.15) is 0 Å². The van der Waals surface area contributed by atoms with Crippen LogP contribution in [0.5, 0.6) is 0 Å². The Morgan fingerprint density at radius 1 is 1.77 bits per heavy atom. The second-order valence-electron chi connectivity index (χ2n) is 2.64. The summed E-state index contributed by atoms with van der Waals surface area (Å²) in [5.74, 6) is -0.431. The average molecular weight is 200 g/mol. The minimum Gasteiger partial charge on any atom is -0.395 e. The van der Waals surface area contributed by atoms with Gasteiger partial charge < -0.3 is 16.2 Å². The van der Waals surface area contributed by atoms with Crippen LogP contribution in [0.3, 0.4) is 0 Å². The zero-order chi connectivity index (χ0) is 9.84. The van der Waals surface area contributed by atoms with E-state index in [0.29, 0.717) is 12.1 Å². The lowest BCUT2D eigenvalue weighted by molar-refractivity contribution is 0.100. The van der Waals surface area contributed by atoms with Crippen molar-refractivity contribution in [3.63, 3.8) is 0 Å². The van der Waals surface area contributed by atoms with Crippen molar-refractivity contribution < 1.29 is 9.90 Å². The highest BCUT2D eigenvalue weighted by molar-refractivity contribution is 7.14. The molecule has 0 aliphatic carbocycles. The van der Waals surface area contributed by atoms with Crippen molar-refractivity contribution in [1.29, 1.82) is 0 Å². The fourth-order valence-electron chi connectivity index (χ4n) is 1.05. The molecule has 0 fully saturated rings. The molecule has 72 valence electrons. The fraction of sp³-hybridized carbons (Fsp3) is 0.375. The summed E-state index contributed by atoms with van der Waals surface area (Å²) in [6.45, 7) is 2.30. The first-order valence-corrected chi connectivity index (χ1v) is 4.77. The Balaban J connectivity index is 2.87. The third-order valence-electron chi connectivity index (χ3n) is 1.62. The Morgan fingerprint density at radius 2 is 2.46 bits per heavy atom. The van der Waals surface area contributed by atoms with E-state index in [2.05, 4.69) is 5.32 Å². The van der Waals surface area contributed by atoms with Crippen LogP contribution >= 0.6 is 11.3 Å². The number of rotatable bonds is 4. The molecule has 0 aromatic carbocycles. The molecular weight excluding hydrogens is 188 g/mol. The molecule has 0 bridgehead atoms. The van der Waals surface area contributed by atoms with Gasteiger partial charge in [-0.25, -0.2) is 0 Å². The zero-order valence-corrected chi connectivity index (χ0v) is 8.15. The van der Waals surface area contributed by atoms with E-state index in [1.165, 1.54) is 11.3 Å². The van der Waals surface area contributed by atoms with Crippen molar-refractivity contribution in [3.05, 3.63) is 16.5 Å². The van der Waals surface area contributed by atoms with Crippen molar-refractivity contribution in [2.24, 2.45) is 5.73 Å². The molecule has 0 atom stereocenters. The number of anilines is 1. The molecule has 1 amide bonds. The van der Waals surface area contributed by atoms with Gasteiger partial charge in [-0.15, -0.1) is 11.3 Å². The quantitative estimate of drug-likeness (QED) is 0.664. The van der Waals surface area contributed by atoms with E-state index >= 15 is 0 Å². The minimum atomic E-state index is -0.431. The standard InChI is InChI=1S/C8H12N2O2S/c1-5-4-13-8(10-2-3-11)6(5)7(9)12/h4,10-11H,2-3H2,1H3,(H2,9,12). The van der Waals surface area contributed by atoms with Gasteiger partial charge in [-0.05, 0) is 17.9 Å². The highest BCUT2D eigenvalue weighted by Gasteiger charge is 2.12. The molecule has 0 aliphatic heterocycles. The molecule has 1 heterocycles. The van der Waals surface area contributed by atoms with Gasteiger partial charge in [-0.1, -0.05) is 0 Å². The number of carbonyl (C=O) groups is 1. The Hall–Kier alpha value is -1.07. The van der Waals surface area contributed by atoms with Crippen molar-refractivity contribution in [1.82, 2.24) is 0 Å². The number of aliphatic hydroxyl groups excluding tert-OH is 1. The van der Waals surface area contributed by atoms with Gasteiger partial charge >= 0.3 is 0 Å². The maximum absolute atomic E-state index is 11.0. The van der Waals surface area contributed by atoms with Gasteiger partial charge in [0.1, 0.15) is 5.00 Å². The summed E-state index contributed by atoms with van der Waals surface area (Å²) in [6.07, 6.45) is 0. The minimum absolute atomic E-state index is 0.0369. The van der Waals surface area contributed by atoms with Crippen molar-refractivity contribution in [3.8, 4) is 0 Å². The lowest BCUT2D eigenvalue weighted by Crippen LogP contribution is -2.15. The van der Waals surface area contributed by atoms with Crippen LogP contribution in [0.4, 0.5) is 5.00 Å². The Labute approximate surface area is 80.4 Å². The van der Waals surface area contributed by atoms with Gasteiger partial charge in [-0.3, -0.25) is 4.79 Å². The molecule has 1 aromatic rings. The van der Waals surface area contributed by atoms with Crippen LogP contribution in [0.2, 0.25) is 0 Å². The zero-order valence-electron chi connectivity index (χ0n) is 7.33. The summed E-state index contributed by atoms with van der Waals surface area (Å²) in [6, 6.07) is 0. The molecule has 0 unspecified atom stereocenters. The van der Waals surface area contributed by atoms with Crippen LogP contribution in [-0.2, 0) is 0 Å². The van der Waals surface area contributed by atoms with Crippen LogP contribution in [0.15, 0.2) is 5.38 Å². The summed E-state index contributed by atoms with van der Waals surface area (Å²) in [5.41, 5.74) is 6.60. The van der Waals surface area contributed by atoms with Crippen molar-refractivity contribution in [2.45, 2.75) is 6.92 Å². The van der Waals surface area contributed by atoms with Crippen LogP contribution in [-0.4, -0.2) is 24.2 Å². The van der Waals surface area contributed by atoms with Crippen LogP contribution in [0.25, 0.3) is 0 Å². The number of primary amides is 1. The SMILES string of the molecule is Cc1csc(NCCO)c1C(N)=O. The third kappa shape index (κ3) is 2.19. The summed E-state index contributed by atoms with van der Waals surface area (Å²) in [4.78, 5) is 11.0. The van der Waals surface area contributed by atoms with Gasteiger partial charge in [0.15, 0.2) is 0 Å². The molecule has 5 heteroatoms. The van der Waals surface area contributed by atoms with Gasteiger partial charge in [0.2, 0.25) is 0 Å². The number of aryl methyl sites for hydroxylation is 1. The largest absolute Gasteiger partial charge is 0.395 e. The van der Waals surface area contributed by atoms with E-state index in [-0.39, 0.29) is 6.61 Å². The van der Waals surface area contributed by atoms with Crippen LogP contribution in [0, 0.1) is 6.92 Å². The second-order valence-corrected chi connectivity index (χ2v) is 3.52. The Morgan fingerprint density at radius 3 is 3.00 bits per heavy atom. The van der Waals surface area contributed by atoms with E-state index < -0.39 is 5.91 Å². The van der Waals surface area contributed by atoms with Crippen LogP contribution < -0.4 is 11.1 Å². The number of carbonyl (C=O) groups excluding carboxylic acids is 1. The predicted octanol–water partition coefficient (Wildman–Crippen LogP) is 0.560. The number of aliphatic hydroxyl groups is 1. The predicted molar refractivity (Wildman–Crippen MR) is 53.1 cm³/mol. The lowest BCUT2D eigenvalue weighted by Gasteiger charge is -2.03. The van der Waals surface area contributed by atoms with E-state index in [1.807, 2.05) is 12.3 Å². The first-order valence-electron chi connectivity index (χ1n) is 3.89. The highest BCUT2D eigenvalue weighted by Crippen LogP contribution is 2.26. The molecular formula is C8H12N2O2S.